The van der Waals surface area contributed by atoms with E-state index in [4.69, 9.17) is 4.74 Å². The number of rotatable bonds is 3. The number of carbonyl (C=O) groups excluding carboxylic acids is 2. The van der Waals surface area contributed by atoms with Crippen LogP contribution in [0.2, 0.25) is 0 Å². The lowest BCUT2D eigenvalue weighted by Gasteiger charge is -2.19. The Labute approximate surface area is 109 Å². The minimum absolute atomic E-state index is 0.564. The molecule has 0 bridgehead atoms. The smallest absolute Gasteiger partial charge is 0.428 e. The highest BCUT2D eigenvalue weighted by Gasteiger charge is 2.23. The van der Waals surface area contributed by atoms with E-state index in [1.807, 2.05) is 0 Å². The van der Waals surface area contributed by atoms with E-state index in [2.05, 4.69) is 15.0 Å². The van der Waals surface area contributed by atoms with Crippen molar-refractivity contribution in [2.24, 2.45) is 0 Å². The number of aromatic nitrogens is 1. The maximum Gasteiger partial charge on any atom is 0.516 e. The SMILES string of the molecule is C[C@H](Nc1cscn1)C(=O)OC(=O)OC(C)(C)C. The molecule has 0 saturated heterocycles. The molecule has 1 atom stereocenters. The van der Waals surface area contributed by atoms with Crippen LogP contribution < -0.4 is 5.32 Å². The number of nitrogens with zero attached hydrogens (tertiary/aromatic N) is 1. The molecule has 0 aromatic carbocycles. The van der Waals surface area contributed by atoms with Crippen LogP contribution in [0.15, 0.2) is 10.9 Å². The molecule has 0 aliphatic carbocycles. The van der Waals surface area contributed by atoms with Crippen LogP contribution >= 0.6 is 11.3 Å². The summed E-state index contributed by atoms with van der Waals surface area (Å²) in [6.07, 6.45) is -1.00. The maximum absolute atomic E-state index is 11.6. The van der Waals surface area contributed by atoms with Crippen molar-refractivity contribution in [1.29, 1.82) is 0 Å². The Balaban J connectivity index is 2.43. The average Bonchev–Trinajstić information content (AvgIpc) is 2.66. The third-order valence-electron chi connectivity index (χ3n) is 1.72. The molecule has 1 N–H and O–H groups in total. The standard InChI is InChI=1S/C11H16N2O4S/c1-7(13-8-5-18-6-12-8)9(14)16-10(15)17-11(2,3)4/h5-7,13H,1-4H3/t7-/m0/s1. The highest BCUT2D eigenvalue weighted by molar-refractivity contribution is 7.07. The average molecular weight is 272 g/mol. The molecular weight excluding hydrogens is 256 g/mol. The van der Waals surface area contributed by atoms with Crippen molar-refractivity contribution in [2.75, 3.05) is 5.32 Å². The van der Waals surface area contributed by atoms with Crippen molar-refractivity contribution in [3.63, 3.8) is 0 Å². The Morgan fingerprint density at radius 2 is 2.11 bits per heavy atom. The van der Waals surface area contributed by atoms with Crippen LogP contribution in [0.4, 0.5) is 10.6 Å². The molecule has 0 saturated carbocycles. The van der Waals surface area contributed by atoms with E-state index in [0.717, 1.165) is 0 Å². The highest BCUT2D eigenvalue weighted by atomic mass is 32.1. The van der Waals surface area contributed by atoms with Crippen molar-refractivity contribution in [3.8, 4) is 0 Å². The minimum Gasteiger partial charge on any atom is -0.428 e. The van der Waals surface area contributed by atoms with E-state index in [0.29, 0.717) is 5.82 Å². The van der Waals surface area contributed by atoms with Crippen molar-refractivity contribution < 1.29 is 19.1 Å². The summed E-state index contributed by atoms with van der Waals surface area (Å²) >= 11 is 1.40. The van der Waals surface area contributed by atoms with Gasteiger partial charge in [-0.1, -0.05) is 0 Å². The quantitative estimate of drug-likeness (QED) is 0.672. The number of carbonyl (C=O) groups is 2. The van der Waals surface area contributed by atoms with Gasteiger partial charge in [0.05, 0.1) is 5.51 Å². The van der Waals surface area contributed by atoms with Gasteiger partial charge in [0.2, 0.25) is 0 Å². The number of nitrogens with one attached hydrogen (secondary N) is 1. The van der Waals surface area contributed by atoms with E-state index >= 15 is 0 Å². The Kier molecular flexibility index (Phi) is 4.66. The van der Waals surface area contributed by atoms with Crippen molar-refractivity contribution >= 4 is 29.3 Å². The number of hydrogen-bond acceptors (Lipinski definition) is 7. The molecule has 6 nitrogen and oxygen atoms in total. The Morgan fingerprint density at radius 3 is 2.61 bits per heavy atom. The van der Waals surface area contributed by atoms with Gasteiger partial charge in [0.1, 0.15) is 17.5 Å². The molecule has 0 aliphatic heterocycles. The summed E-state index contributed by atoms with van der Waals surface area (Å²) in [7, 11) is 0. The van der Waals surface area contributed by atoms with E-state index in [1.165, 1.54) is 11.3 Å². The van der Waals surface area contributed by atoms with Gasteiger partial charge in [-0.3, -0.25) is 0 Å². The first-order chi connectivity index (χ1) is 8.28. The van der Waals surface area contributed by atoms with Crippen LogP contribution in [0, 0.1) is 0 Å². The number of thiazole rings is 1. The Bertz CT molecular complexity index is 411. The normalized spacial score (nSPS) is 12.7. The van der Waals surface area contributed by atoms with Gasteiger partial charge >= 0.3 is 12.1 Å². The molecule has 1 heterocycles. The number of anilines is 1. The second kappa shape index (κ2) is 5.81. The molecule has 0 fully saturated rings. The largest absolute Gasteiger partial charge is 0.516 e. The summed E-state index contributed by atoms with van der Waals surface area (Å²) < 4.78 is 9.42. The Hall–Kier alpha value is -1.63. The lowest BCUT2D eigenvalue weighted by molar-refractivity contribution is -0.141. The molecule has 100 valence electrons. The summed E-state index contributed by atoms with van der Waals surface area (Å²) in [6.45, 7) is 6.65. The van der Waals surface area contributed by atoms with Gasteiger partial charge in [0.25, 0.3) is 0 Å². The van der Waals surface area contributed by atoms with E-state index in [1.54, 1.807) is 38.6 Å². The summed E-state index contributed by atoms with van der Waals surface area (Å²) in [5, 5.41) is 4.55. The molecular formula is C11H16N2O4S. The molecule has 18 heavy (non-hydrogen) atoms. The van der Waals surface area contributed by atoms with Gasteiger partial charge in [0.15, 0.2) is 0 Å². The monoisotopic (exact) mass is 272 g/mol. The van der Waals surface area contributed by atoms with Gasteiger partial charge < -0.3 is 14.8 Å². The van der Waals surface area contributed by atoms with Crippen LogP contribution in [-0.2, 0) is 14.3 Å². The van der Waals surface area contributed by atoms with Gasteiger partial charge in [0, 0.05) is 5.38 Å². The fraction of sp³-hybridized carbons (Fsp3) is 0.545. The third-order valence-corrected chi connectivity index (χ3v) is 2.31. The first kappa shape index (κ1) is 14.4. The molecule has 7 heteroatoms. The fourth-order valence-corrected chi connectivity index (χ4v) is 1.50. The van der Waals surface area contributed by atoms with Gasteiger partial charge in [-0.15, -0.1) is 11.3 Å². The number of ether oxygens (including phenoxy) is 2. The van der Waals surface area contributed by atoms with Crippen LogP contribution in [0.3, 0.4) is 0 Å². The first-order valence-electron chi connectivity index (χ1n) is 5.37. The van der Waals surface area contributed by atoms with Crippen molar-refractivity contribution in [1.82, 2.24) is 4.98 Å². The molecule has 1 rings (SSSR count). The topological polar surface area (TPSA) is 77.5 Å². The minimum atomic E-state index is -1.00. The summed E-state index contributed by atoms with van der Waals surface area (Å²) in [6, 6.07) is -0.681. The molecule has 0 aliphatic rings. The number of hydrogen-bond donors (Lipinski definition) is 1. The predicted molar refractivity (Wildman–Crippen MR) is 67.5 cm³/mol. The molecule has 1 aromatic heterocycles. The summed E-state index contributed by atoms with van der Waals surface area (Å²) in [5.74, 6) is -0.147. The van der Waals surface area contributed by atoms with Crippen LogP contribution in [0.1, 0.15) is 27.7 Å². The van der Waals surface area contributed by atoms with E-state index in [9.17, 15) is 9.59 Å². The number of esters is 1. The predicted octanol–water partition coefficient (Wildman–Crippen LogP) is 2.42. The zero-order chi connectivity index (χ0) is 13.8. The zero-order valence-corrected chi connectivity index (χ0v) is 11.5. The zero-order valence-electron chi connectivity index (χ0n) is 10.7. The second-order valence-corrected chi connectivity index (χ2v) is 5.34. The van der Waals surface area contributed by atoms with Crippen molar-refractivity contribution in [2.45, 2.75) is 39.3 Å². The molecule has 0 unspecified atom stereocenters. The summed E-state index contributed by atoms with van der Waals surface area (Å²) in [4.78, 5) is 26.8. The summed E-state index contributed by atoms with van der Waals surface area (Å²) in [5.41, 5.74) is 0.942. The third kappa shape index (κ3) is 5.13. The molecule has 0 amide bonds. The van der Waals surface area contributed by atoms with Crippen LogP contribution in [0.5, 0.6) is 0 Å². The fourth-order valence-electron chi connectivity index (χ4n) is 1.01. The molecule has 0 spiro atoms. The van der Waals surface area contributed by atoms with Crippen LogP contribution in [-0.4, -0.2) is 28.8 Å². The lowest BCUT2D eigenvalue weighted by Crippen LogP contribution is -2.33. The maximum atomic E-state index is 11.6. The highest BCUT2D eigenvalue weighted by Crippen LogP contribution is 2.11. The van der Waals surface area contributed by atoms with E-state index < -0.39 is 23.8 Å². The Morgan fingerprint density at radius 1 is 1.44 bits per heavy atom. The second-order valence-electron chi connectivity index (χ2n) is 4.63. The first-order valence-corrected chi connectivity index (χ1v) is 6.31. The van der Waals surface area contributed by atoms with Crippen molar-refractivity contribution in [3.05, 3.63) is 10.9 Å². The lowest BCUT2D eigenvalue weighted by atomic mass is 10.2. The van der Waals surface area contributed by atoms with E-state index in [-0.39, 0.29) is 0 Å². The van der Waals surface area contributed by atoms with Gasteiger partial charge in [-0.25, -0.2) is 14.6 Å². The van der Waals surface area contributed by atoms with Gasteiger partial charge in [-0.2, -0.15) is 0 Å². The molecule has 1 aromatic rings. The van der Waals surface area contributed by atoms with Gasteiger partial charge in [-0.05, 0) is 27.7 Å². The van der Waals surface area contributed by atoms with Crippen LogP contribution in [0.25, 0.3) is 0 Å². The molecule has 0 radical (unpaired) electrons.